The van der Waals surface area contributed by atoms with Gasteiger partial charge in [0.05, 0.1) is 7.11 Å². The van der Waals surface area contributed by atoms with Crippen molar-refractivity contribution in [2.24, 2.45) is 5.16 Å². The van der Waals surface area contributed by atoms with Crippen molar-refractivity contribution in [2.75, 3.05) is 13.7 Å². The van der Waals surface area contributed by atoms with Gasteiger partial charge in [-0.15, -0.1) is 0 Å². The predicted octanol–water partition coefficient (Wildman–Crippen LogP) is -0.0634. The van der Waals surface area contributed by atoms with Gasteiger partial charge >= 0.3 is 29.6 Å². The number of carbonyl (C=O) groups excluding carboxylic acids is 1. The molecule has 0 radical (unpaired) electrons. The number of unbranched alkanes of at least 4 members (excludes halogenated alkanes) is 1. The van der Waals surface area contributed by atoms with Crippen molar-refractivity contribution >= 4 is 22.5 Å². The maximum absolute atomic E-state index is 10.5. The molecule has 7 heteroatoms. The fourth-order valence-corrected chi connectivity index (χ4v) is 2.96. The molecule has 0 N–H and O–H groups in total. The molecule has 0 aliphatic carbocycles. The van der Waals surface area contributed by atoms with E-state index in [2.05, 4.69) is 10.1 Å². The summed E-state index contributed by atoms with van der Waals surface area (Å²) in [6, 6.07) is 15.6. The van der Waals surface area contributed by atoms with Gasteiger partial charge in [-0.3, -0.25) is 4.98 Å². The summed E-state index contributed by atoms with van der Waals surface area (Å²) in [7, 11) is 1.65. The number of nitrogens with zero attached hydrogens (tertiary/aromatic N) is 2. The molecule has 1 aromatic heterocycles. The fraction of sp³-hybridized carbons (Fsp3) is 0.227. The van der Waals surface area contributed by atoms with Crippen LogP contribution in [-0.2, 0) is 9.63 Å². The molecule has 0 spiro atoms. The topological polar surface area (TPSA) is 83.8 Å². The van der Waals surface area contributed by atoms with Gasteiger partial charge in [0.25, 0.3) is 0 Å². The molecule has 3 aromatic rings. The molecule has 0 amide bonds. The zero-order valence-corrected chi connectivity index (χ0v) is 18.6. The Hall–Kier alpha value is -2.41. The van der Waals surface area contributed by atoms with Crippen molar-refractivity contribution in [1.29, 1.82) is 0 Å². The number of fused-ring (bicyclic) bond motifs is 1. The molecular weight excluding hydrogens is 379 g/mol. The van der Waals surface area contributed by atoms with Gasteiger partial charge in [0.2, 0.25) is 0 Å². The van der Waals surface area contributed by atoms with E-state index in [1.54, 1.807) is 19.5 Å². The van der Waals surface area contributed by atoms with Gasteiger partial charge in [-0.2, -0.15) is 0 Å². The van der Waals surface area contributed by atoms with Crippen LogP contribution in [0.5, 0.6) is 5.75 Å². The minimum Gasteiger partial charge on any atom is -0.550 e. The van der Waals surface area contributed by atoms with Crippen LogP contribution in [0.2, 0.25) is 0 Å². The number of aromatic nitrogens is 1. The van der Waals surface area contributed by atoms with Crippen LogP contribution in [0.1, 0.15) is 30.4 Å². The summed E-state index contributed by atoms with van der Waals surface area (Å²) in [5.74, 6) is -0.266. The quantitative estimate of drug-likeness (QED) is 0.217. The molecule has 29 heavy (non-hydrogen) atoms. The van der Waals surface area contributed by atoms with Gasteiger partial charge in [-0.25, -0.2) is 0 Å². The second-order valence-corrected chi connectivity index (χ2v) is 6.20. The average molecular weight is 400 g/mol. The smallest absolute Gasteiger partial charge is 0.550 e. The van der Waals surface area contributed by atoms with Crippen LogP contribution in [0.25, 0.3) is 10.8 Å². The molecule has 1 heterocycles. The summed E-state index contributed by atoms with van der Waals surface area (Å²) < 4.78 is 5.48. The Morgan fingerprint density at radius 3 is 2.55 bits per heavy atom. The number of pyridine rings is 1. The largest absolute Gasteiger partial charge is 1.00 e. The van der Waals surface area contributed by atoms with E-state index in [0.29, 0.717) is 25.2 Å². The average Bonchev–Trinajstić information content (AvgIpc) is 2.73. The number of carboxylic acid groups (broad SMARTS) is 1. The van der Waals surface area contributed by atoms with E-state index in [-0.39, 0.29) is 36.0 Å². The van der Waals surface area contributed by atoms with Crippen molar-refractivity contribution in [3.8, 4) is 5.75 Å². The van der Waals surface area contributed by atoms with Crippen LogP contribution in [-0.4, -0.2) is 30.4 Å². The number of hydrogen-bond acceptors (Lipinski definition) is 6. The minimum atomic E-state index is -1.05. The van der Waals surface area contributed by atoms with E-state index in [4.69, 9.17) is 9.57 Å². The third-order valence-electron chi connectivity index (χ3n) is 4.32. The molecule has 3 rings (SSSR count). The molecular formula is C22H21N2NaO4. The number of methoxy groups -OCH3 is 1. The molecule has 0 fully saturated rings. The predicted molar refractivity (Wildman–Crippen MR) is 105 cm³/mol. The van der Waals surface area contributed by atoms with E-state index in [1.165, 1.54) is 0 Å². The number of benzene rings is 2. The molecule has 0 unspecified atom stereocenters. The molecule has 0 saturated carbocycles. The van der Waals surface area contributed by atoms with Gasteiger partial charge in [0, 0.05) is 34.9 Å². The Morgan fingerprint density at radius 1 is 1.07 bits per heavy atom. The molecule has 0 atom stereocenters. The van der Waals surface area contributed by atoms with Crippen LogP contribution in [0, 0.1) is 0 Å². The van der Waals surface area contributed by atoms with Crippen LogP contribution in [0.3, 0.4) is 0 Å². The van der Waals surface area contributed by atoms with Crippen LogP contribution < -0.4 is 39.4 Å². The number of carboxylic acids is 1. The summed E-state index contributed by atoms with van der Waals surface area (Å²) in [5, 5.41) is 16.8. The number of hydrogen-bond donors (Lipinski definition) is 0. The van der Waals surface area contributed by atoms with Crippen LogP contribution in [0.15, 0.2) is 66.1 Å². The molecule has 6 nitrogen and oxygen atoms in total. The van der Waals surface area contributed by atoms with Gasteiger partial charge in [-0.1, -0.05) is 29.4 Å². The molecule has 0 aliphatic heterocycles. The summed E-state index contributed by atoms with van der Waals surface area (Å²) in [5.41, 5.74) is 2.39. The number of ether oxygens (including phenoxy) is 1. The SMILES string of the molecule is COc1ccc(/C(=N\OCCCCC(=O)[O-])c2cccnc2)c2ccccc12.[Na+]. The molecule has 0 aliphatic rings. The van der Waals surface area contributed by atoms with Gasteiger partial charge in [-0.05, 0) is 48.9 Å². The van der Waals surface area contributed by atoms with Crippen LogP contribution >= 0.6 is 0 Å². The Morgan fingerprint density at radius 2 is 1.86 bits per heavy atom. The summed E-state index contributed by atoms with van der Waals surface area (Å²) >= 11 is 0. The van der Waals surface area contributed by atoms with E-state index < -0.39 is 5.97 Å². The number of carbonyl (C=O) groups is 1. The molecule has 2 aromatic carbocycles. The molecule has 0 saturated heterocycles. The Bertz CT molecular complexity index is 977. The van der Waals surface area contributed by atoms with Gasteiger partial charge in [0.15, 0.2) is 0 Å². The van der Waals surface area contributed by atoms with E-state index in [1.807, 2.05) is 48.5 Å². The summed E-state index contributed by atoms with van der Waals surface area (Å²) in [4.78, 5) is 20.2. The summed E-state index contributed by atoms with van der Waals surface area (Å²) in [6.07, 6.45) is 4.53. The normalized spacial score (nSPS) is 11.0. The van der Waals surface area contributed by atoms with Crippen molar-refractivity contribution < 1.29 is 49.0 Å². The molecule has 144 valence electrons. The first-order valence-electron chi connectivity index (χ1n) is 9.07. The second kappa shape index (κ2) is 11.6. The molecule has 0 bridgehead atoms. The third-order valence-corrected chi connectivity index (χ3v) is 4.32. The van der Waals surface area contributed by atoms with Gasteiger partial charge < -0.3 is 19.5 Å². The Labute approximate surface area is 191 Å². The second-order valence-electron chi connectivity index (χ2n) is 6.20. The Kier molecular flexibility index (Phi) is 9.12. The van der Waals surface area contributed by atoms with Crippen molar-refractivity contribution in [2.45, 2.75) is 19.3 Å². The Balaban J connectivity index is 0.00000300. The van der Waals surface area contributed by atoms with E-state index >= 15 is 0 Å². The number of aliphatic carboxylic acids is 1. The van der Waals surface area contributed by atoms with Crippen molar-refractivity contribution in [1.82, 2.24) is 4.98 Å². The first kappa shape index (κ1) is 22.9. The zero-order chi connectivity index (χ0) is 19.8. The van der Waals surface area contributed by atoms with E-state index in [0.717, 1.165) is 27.6 Å². The van der Waals surface area contributed by atoms with Crippen molar-refractivity contribution in [3.05, 3.63) is 72.1 Å². The van der Waals surface area contributed by atoms with Gasteiger partial charge in [0.1, 0.15) is 18.1 Å². The van der Waals surface area contributed by atoms with Crippen molar-refractivity contribution in [3.63, 3.8) is 0 Å². The first-order chi connectivity index (χ1) is 13.7. The fourth-order valence-electron chi connectivity index (χ4n) is 2.96. The maximum atomic E-state index is 10.5. The number of rotatable bonds is 9. The third kappa shape index (κ3) is 6.03. The van der Waals surface area contributed by atoms with E-state index in [9.17, 15) is 9.90 Å². The van der Waals surface area contributed by atoms with Crippen LogP contribution in [0.4, 0.5) is 0 Å². The number of oxime groups is 1. The summed E-state index contributed by atoms with van der Waals surface area (Å²) in [6.45, 7) is 0.325. The minimum absolute atomic E-state index is 0. The first-order valence-corrected chi connectivity index (χ1v) is 9.07. The maximum Gasteiger partial charge on any atom is 1.00 e. The zero-order valence-electron chi connectivity index (χ0n) is 16.6. The monoisotopic (exact) mass is 400 g/mol. The standard InChI is InChI=1S/C22H22N2O4.Na/c1-27-20-12-11-19(17-8-2-3-9-18(17)20)22(16-7-6-13-23-15-16)24-28-14-5-4-10-21(25)26;/h2-3,6-9,11-13,15H,4-5,10,14H2,1H3,(H,25,26);/q;+1/p-1/b24-22-;.